The van der Waals surface area contributed by atoms with Crippen molar-refractivity contribution in [1.82, 2.24) is 19.9 Å². The molecule has 2 aromatic rings. The van der Waals surface area contributed by atoms with Crippen molar-refractivity contribution in [3.05, 3.63) is 47.3 Å². The molecule has 1 heterocycles. The fourth-order valence-electron chi connectivity index (χ4n) is 2.09. The summed E-state index contributed by atoms with van der Waals surface area (Å²) < 4.78 is 38.7. The monoisotopic (exact) mass is 396 g/mol. The largest absolute Gasteiger partial charge is 0.459 e. The summed E-state index contributed by atoms with van der Waals surface area (Å²) in [6.07, 6.45) is 0.688. The van der Waals surface area contributed by atoms with Gasteiger partial charge in [-0.05, 0) is 32.9 Å². The summed E-state index contributed by atoms with van der Waals surface area (Å²) in [4.78, 5) is 25.1. The van der Waals surface area contributed by atoms with E-state index in [0.29, 0.717) is 0 Å². The van der Waals surface area contributed by atoms with Crippen molar-refractivity contribution in [3.8, 4) is 0 Å². The van der Waals surface area contributed by atoms with Gasteiger partial charge in [-0.3, -0.25) is 0 Å². The second-order valence-electron chi connectivity index (χ2n) is 7.04. The Kier molecular flexibility index (Phi) is 6.66. The second-order valence-corrected chi connectivity index (χ2v) is 7.04. The van der Waals surface area contributed by atoms with Gasteiger partial charge in [0.25, 0.3) is 0 Å². The molecule has 0 spiro atoms. The van der Waals surface area contributed by atoms with Crippen molar-refractivity contribution in [2.75, 3.05) is 20.2 Å². The topological polar surface area (TPSA) is 86.5 Å². The van der Waals surface area contributed by atoms with Crippen molar-refractivity contribution in [2.45, 2.75) is 32.9 Å². The van der Waals surface area contributed by atoms with Crippen LogP contribution in [0.15, 0.2) is 24.4 Å². The number of nitrogens with zero attached hydrogens (tertiary/aromatic N) is 4. The summed E-state index contributed by atoms with van der Waals surface area (Å²) in [5, 5.41) is 7.32. The number of amides is 1. The van der Waals surface area contributed by atoms with Crippen molar-refractivity contribution in [3.63, 3.8) is 0 Å². The summed E-state index contributed by atoms with van der Waals surface area (Å²) in [7, 11) is 1.52. The molecule has 0 aliphatic carbocycles. The van der Waals surface area contributed by atoms with Crippen LogP contribution in [0.1, 0.15) is 36.8 Å². The highest BCUT2D eigenvalue weighted by molar-refractivity contribution is 5.86. The number of hydrogen-bond acceptors (Lipinski definition) is 6. The lowest BCUT2D eigenvalue weighted by Crippen LogP contribution is -2.36. The Balaban J connectivity index is 1.86. The summed E-state index contributed by atoms with van der Waals surface area (Å²) in [5.41, 5.74) is -0.930. The van der Waals surface area contributed by atoms with E-state index in [2.05, 4.69) is 10.3 Å². The van der Waals surface area contributed by atoms with Crippen LogP contribution in [-0.2, 0) is 16.0 Å². The van der Waals surface area contributed by atoms with Crippen LogP contribution in [-0.4, -0.2) is 57.8 Å². The van der Waals surface area contributed by atoms with Crippen LogP contribution in [0.2, 0.25) is 0 Å². The van der Waals surface area contributed by atoms with E-state index in [9.17, 15) is 18.4 Å². The van der Waals surface area contributed by atoms with Crippen LogP contribution in [0.3, 0.4) is 0 Å². The van der Waals surface area contributed by atoms with Crippen LogP contribution in [0.5, 0.6) is 0 Å². The first kappa shape index (κ1) is 21.3. The highest BCUT2D eigenvalue weighted by Crippen LogP contribution is 2.13. The lowest BCUT2D eigenvalue weighted by molar-refractivity contribution is 0.0215. The van der Waals surface area contributed by atoms with Crippen molar-refractivity contribution < 1.29 is 27.8 Å². The number of ether oxygens (including phenoxy) is 2. The van der Waals surface area contributed by atoms with Gasteiger partial charge >= 0.3 is 12.1 Å². The molecule has 0 atom stereocenters. The van der Waals surface area contributed by atoms with Gasteiger partial charge in [0.05, 0.1) is 19.3 Å². The Morgan fingerprint density at radius 3 is 2.46 bits per heavy atom. The predicted molar refractivity (Wildman–Crippen MR) is 94.6 cm³/mol. The number of carbonyl (C=O) groups is 2. The number of halogens is 2. The normalized spacial score (nSPS) is 11.2. The van der Waals surface area contributed by atoms with Gasteiger partial charge in [-0.1, -0.05) is 11.3 Å². The van der Waals surface area contributed by atoms with E-state index in [1.165, 1.54) is 24.2 Å². The zero-order valence-electron chi connectivity index (χ0n) is 16.1. The summed E-state index contributed by atoms with van der Waals surface area (Å²) >= 11 is 0. The van der Waals surface area contributed by atoms with Gasteiger partial charge in [-0.15, -0.1) is 5.10 Å². The van der Waals surface area contributed by atoms with Crippen LogP contribution in [0, 0.1) is 11.6 Å². The Morgan fingerprint density at radius 2 is 1.86 bits per heavy atom. The standard InChI is InChI=1S/C18H22F2N4O4/c1-18(2,3)28-17(26)23(4)8-9-27-16(25)15-11-24(22-21-15)10-12-13(19)6-5-7-14(12)20/h5-7,11H,8-10H2,1-4H3. The molecule has 0 aliphatic heterocycles. The number of benzene rings is 1. The highest BCUT2D eigenvalue weighted by Gasteiger charge is 2.20. The molecule has 0 radical (unpaired) electrons. The van der Waals surface area contributed by atoms with Gasteiger partial charge in [0.1, 0.15) is 23.8 Å². The SMILES string of the molecule is CN(CCOC(=O)c1cn(Cc2c(F)cccc2F)nn1)C(=O)OC(C)(C)C. The predicted octanol–water partition coefficient (Wildman–Crippen LogP) is 2.63. The molecule has 0 bridgehead atoms. The molecule has 0 unspecified atom stereocenters. The van der Waals surface area contributed by atoms with E-state index in [4.69, 9.17) is 9.47 Å². The molecule has 152 valence electrons. The minimum Gasteiger partial charge on any atom is -0.459 e. The fourth-order valence-corrected chi connectivity index (χ4v) is 2.09. The summed E-state index contributed by atoms with van der Waals surface area (Å²) in [6, 6.07) is 3.52. The molecular formula is C18H22F2N4O4. The van der Waals surface area contributed by atoms with E-state index in [1.807, 2.05) is 0 Å². The molecule has 10 heteroatoms. The second kappa shape index (κ2) is 8.77. The molecule has 1 amide bonds. The third-order valence-electron chi connectivity index (χ3n) is 3.49. The minimum absolute atomic E-state index is 0.0800. The summed E-state index contributed by atoms with van der Waals surface area (Å²) in [6.45, 7) is 5.05. The van der Waals surface area contributed by atoms with Gasteiger partial charge in [-0.25, -0.2) is 23.1 Å². The quantitative estimate of drug-likeness (QED) is 0.698. The average molecular weight is 396 g/mol. The third kappa shape index (κ3) is 6.00. The Bertz CT molecular complexity index is 828. The average Bonchev–Trinajstić information content (AvgIpc) is 3.05. The molecule has 2 rings (SSSR count). The molecule has 0 saturated carbocycles. The Morgan fingerprint density at radius 1 is 1.21 bits per heavy atom. The maximum atomic E-state index is 13.7. The van der Waals surface area contributed by atoms with E-state index in [0.717, 1.165) is 16.8 Å². The van der Waals surface area contributed by atoms with Gasteiger partial charge in [0.2, 0.25) is 0 Å². The molecule has 1 aromatic heterocycles. The molecule has 0 aliphatic rings. The maximum Gasteiger partial charge on any atom is 0.410 e. The van der Waals surface area contributed by atoms with Crippen molar-refractivity contribution in [2.24, 2.45) is 0 Å². The number of esters is 1. The van der Waals surface area contributed by atoms with Crippen molar-refractivity contribution >= 4 is 12.1 Å². The molecule has 0 fully saturated rings. The molecule has 0 saturated heterocycles. The van der Waals surface area contributed by atoms with E-state index < -0.39 is 29.3 Å². The number of rotatable bonds is 6. The zero-order chi connectivity index (χ0) is 20.9. The van der Waals surface area contributed by atoms with Crippen LogP contribution in [0.25, 0.3) is 0 Å². The van der Waals surface area contributed by atoms with E-state index >= 15 is 0 Å². The first-order chi connectivity index (χ1) is 13.1. The third-order valence-corrected chi connectivity index (χ3v) is 3.49. The highest BCUT2D eigenvalue weighted by atomic mass is 19.1. The lowest BCUT2D eigenvalue weighted by atomic mass is 10.2. The zero-order valence-corrected chi connectivity index (χ0v) is 16.1. The molecular weight excluding hydrogens is 374 g/mol. The molecule has 1 aromatic carbocycles. The van der Waals surface area contributed by atoms with E-state index in [1.54, 1.807) is 20.8 Å². The van der Waals surface area contributed by atoms with Gasteiger partial charge in [-0.2, -0.15) is 0 Å². The maximum absolute atomic E-state index is 13.7. The Labute approximate surface area is 161 Å². The fraction of sp³-hybridized carbons (Fsp3) is 0.444. The van der Waals surface area contributed by atoms with E-state index in [-0.39, 0.29) is 31.0 Å². The Hall–Kier alpha value is -3.04. The molecule has 0 N–H and O–H groups in total. The first-order valence-corrected chi connectivity index (χ1v) is 8.51. The van der Waals surface area contributed by atoms with Crippen LogP contribution >= 0.6 is 0 Å². The van der Waals surface area contributed by atoms with Gasteiger partial charge in [0.15, 0.2) is 5.69 Å². The first-order valence-electron chi connectivity index (χ1n) is 8.51. The lowest BCUT2D eigenvalue weighted by Gasteiger charge is -2.24. The van der Waals surface area contributed by atoms with Crippen LogP contribution in [0.4, 0.5) is 13.6 Å². The number of likely N-dealkylation sites (N-methyl/N-ethyl adjacent to an activating group) is 1. The number of carbonyl (C=O) groups excluding carboxylic acids is 2. The number of aromatic nitrogens is 3. The number of hydrogen-bond donors (Lipinski definition) is 0. The molecule has 8 nitrogen and oxygen atoms in total. The van der Waals surface area contributed by atoms with Gasteiger partial charge < -0.3 is 14.4 Å². The van der Waals surface area contributed by atoms with Gasteiger partial charge in [0, 0.05) is 12.6 Å². The van der Waals surface area contributed by atoms with Crippen LogP contribution < -0.4 is 0 Å². The smallest absolute Gasteiger partial charge is 0.410 e. The van der Waals surface area contributed by atoms with Crippen molar-refractivity contribution in [1.29, 1.82) is 0 Å². The minimum atomic E-state index is -0.766. The molecule has 28 heavy (non-hydrogen) atoms. The summed E-state index contributed by atoms with van der Waals surface area (Å²) in [5.74, 6) is -2.20.